The molecular weight excluding hydrogens is 430 g/mol. The number of hydrogen-bond donors (Lipinski definition) is 2. The Morgan fingerprint density at radius 2 is 1.76 bits per heavy atom. The lowest BCUT2D eigenvalue weighted by Gasteiger charge is -2.33. The number of aromatic nitrogens is 2. The highest BCUT2D eigenvalue weighted by Gasteiger charge is 2.35. The molecule has 0 aliphatic carbocycles. The van der Waals surface area contributed by atoms with E-state index in [9.17, 15) is 9.59 Å². The number of nitrogens with zero attached hydrogens (tertiary/aromatic N) is 5. The van der Waals surface area contributed by atoms with Crippen LogP contribution >= 0.6 is 0 Å². The van der Waals surface area contributed by atoms with Crippen LogP contribution in [0, 0.1) is 5.92 Å². The fraction of sp³-hybridized carbons (Fsp3) is 0.480. The third kappa shape index (κ3) is 4.94. The first-order valence-electron chi connectivity index (χ1n) is 12.2. The summed E-state index contributed by atoms with van der Waals surface area (Å²) >= 11 is 0. The van der Waals surface area contributed by atoms with E-state index in [-0.39, 0.29) is 29.8 Å². The van der Waals surface area contributed by atoms with Crippen molar-refractivity contribution in [2.45, 2.75) is 44.2 Å². The minimum atomic E-state index is -0.153. The van der Waals surface area contributed by atoms with Gasteiger partial charge in [0.25, 0.3) is 5.91 Å². The van der Waals surface area contributed by atoms with E-state index in [4.69, 9.17) is 0 Å². The van der Waals surface area contributed by atoms with Crippen molar-refractivity contribution in [1.82, 2.24) is 25.6 Å². The number of benzene rings is 1. The predicted octanol–water partition coefficient (Wildman–Crippen LogP) is 2.13. The van der Waals surface area contributed by atoms with Gasteiger partial charge in [-0.15, -0.1) is 0 Å². The van der Waals surface area contributed by atoms with E-state index in [1.807, 2.05) is 36.5 Å². The molecule has 1 aromatic heterocycles. The van der Waals surface area contributed by atoms with Gasteiger partial charge in [-0.05, 0) is 50.4 Å². The number of carbonyl (C=O) groups is 2. The third-order valence-corrected chi connectivity index (χ3v) is 6.92. The molecule has 2 N–H and O–H groups in total. The van der Waals surface area contributed by atoms with Gasteiger partial charge in [0.05, 0.1) is 6.04 Å². The van der Waals surface area contributed by atoms with Crippen molar-refractivity contribution < 1.29 is 9.59 Å². The van der Waals surface area contributed by atoms with Gasteiger partial charge in [0.1, 0.15) is 5.69 Å². The summed E-state index contributed by atoms with van der Waals surface area (Å²) in [5.41, 5.74) is 1.50. The van der Waals surface area contributed by atoms with Crippen LogP contribution in [0.1, 0.15) is 54.2 Å². The van der Waals surface area contributed by atoms with Crippen molar-refractivity contribution in [1.29, 1.82) is 0 Å². The van der Waals surface area contributed by atoms with E-state index < -0.39 is 0 Å². The van der Waals surface area contributed by atoms with Crippen LogP contribution in [-0.4, -0.2) is 65.2 Å². The number of rotatable bonds is 5. The van der Waals surface area contributed by atoms with Crippen LogP contribution in [0.25, 0.3) is 0 Å². The molecule has 9 heteroatoms. The summed E-state index contributed by atoms with van der Waals surface area (Å²) in [6.45, 7) is 3.18. The quantitative estimate of drug-likeness (QED) is 0.707. The van der Waals surface area contributed by atoms with Gasteiger partial charge in [0.15, 0.2) is 0 Å². The third-order valence-electron chi connectivity index (χ3n) is 6.92. The second-order valence-corrected chi connectivity index (χ2v) is 9.14. The minimum Gasteiger partial charge on any atom is -0.348 e. The smallest absolute Gasteiger partial charge is 0.270 e. The summed E-state index contributed by atoms with van der Waals surface area (Å²) in [4.78, 5) is 36.9. The van der Waals surface area contributed by atoms with Crippen LogP contribution in [0.5, 0.6) is 0 Å². The van der Waals surface area contributed by atoms with Crippen molar-refractivity contribution in [3.63, 3.8) is 0 Å². The molecule has 9 nitrogen and oxygen atoms in total. The molecule has 0 saturated carbocycles. The van der Waals surface area contributed by atoms with Gasteiger partial charge in [-0.3, -0.25) is 9.59 Å². The zero-order valence-corrected chi connectivity index (χ0v) is 19.3. The molecule has 2 aromatic rings. The van der Waals surface area contributed by atoms with Crippen LogP contribution in [0.15, 0.2) is 47.7 Å². The average molecular weight is 462 g/mol. The summed E-state index contributed by atoms with van der Waals surface area (Å²) in [6.07, 6.45) is 7.49. The van der Waals surface area contributed by atoms with Gasteiger partial charge in [0.2, 0.25) is 11.9 Å². The molecule has 178 valence electrons. The second-order valence-electron chi connectivity index (χ2n) is 9.14. The molecule has 1 aromatic carbocycles. The largest absolute Gasteiger partial charge is 0.348 e. The van der Waals surface area contributed by atoms with Gasteiger partial charge in [-0.1, -0.05) is 30.3 Å². The number of anilines is 1. The first-order valence-corrected chi connectivity index (χ1v) is 12.2. The molecule has 0 bridgehead atoms. The maximum atomic E-state index is 13.3. The van der Waals surface area contributed by atoms with Crippen LogP contribution in [-0.2, 0) is 4.79 Å². The molecule has 3 aliphatic heterocycles. The fourth-order valence-electron chi connectivity index (χ4n) is 4.94. The van der Waals surface area contributed by atoms with Crippen LogP contribution in [0.3, 0.4) is 0 Å². The van der Waals surface area contributed by atoms with Crippen molar-refractivity contribution in [3.05, 3.63) is 53.9 Å². The van der Waals surface area contributed by atoms with Gasteiger partial charge < -0.3 is 15.5 Å². The normalized spacial score (nSPS) is 21.6. The van der Waals surface area contributed by atoms with Crippen molar-refractivity contribution in [2.24, 2.45) is 11.0 Å². The van der Waals surface area contributed by atoms with E-state index in [2.05, 4.69) is 30.6 Å². The Hall–Kier alpha value is -3.33. The zero-order valence-electron chi connectivity index (χ0n) is 19.3. The second kappa shape index (κ2) is 10.3. The number of hydrogen-bond acceptors (Lipinski definition) is 7. The van der Waals surface area contributed by atoms with Crippen LogP contribution < -0.4 is 15.5 Å². The summed E-state index contributed by atoms with van der Waals surface area (Å²) in [7, 11) is 0. The van der Waals surface area contributed by atoms with Gasteiger partial charge in [-0.2, -0.15) is 5.10 Å². The van der Waals surface area contributed by atoms with Gasteiger partial charge >= 0.3 is 0 Å². The molecule has 2 amide bonds. The highest BCUT2D eigenvalue weighted by molar-refractivity contribution is 5.92. The van der Waals surface area contributed by atoms with E-state index in [1.165, 1.54) is 0 Å². The molecule has 5 rings (SSSR count). The van der Waals surface area contributed by atoms with Crippen molar-refractivity contribution in [2.75, 3.05) is 31.1 Å². The fourth-order valence-corrected chi connectivity index (χ4v) is 4.94. The van der Waals surface area contributed by atoms with Gasteiger partial charge in [0, 0.05) is 43.9 Å². The SMILES string of the molecule is O=C(NC1CCNCC1)c1ccnc(N2CCC(C(=O)N3N=CCC3c3ccccc3)CC2)n1. The molecule has 0 spiro atoms. The lowest BCUT2D eigenvalue weighted by atomic mass is 9.94. The summed E-state index contributed by atoms with van der Waals surface area (Å²) in [5.74, 6) is 0.395. The summed E-state index contributed by atoms with van der Waals surface area (Å²) in [5, 5.41) is 12.4. The highest BCUT2D eigenvalue weighted by atomic mass is 16.2. The highest BCUT2D eigenvalue weighted by Crippen LogP contribution is 2.32. The standard InChI is InChI=1S/C25H31N7O2/c33-23(29-20-6-12-26-13-7-20)21-8-14-27-25(30-21)31-16-10-19(11-17-31)24(34)32-22(9-15-28-32)18-4-2-1-3-5-18/h1-5,8,14-15,19-20,22,26H,6-7,9-13,16-17H2,(H,29,33). The first-order chi connectivity index (χ1) is 16.7. The topological polar surface area (TPSA) is 103 Å². The maximum absolute atomic E-state index is 13.3. The Balaban J connectivity index is 1.18. The van der Waals surface area contributed by atoms with Crippen LogP contribution in [0.2, 0.25) is 0 Å². The first kappa shape index (κ1) is 22.5. The molecule has 3 aliphatic rings. The minimum absolute atomic E-state index is 0.0230. The Labute approximate surface area is 199 Å². The molecular formula is C25H31N7O2. The monoisotopic (exact) mass is 461 g/mol. The van der Waals surface area contributed by atoms with E-state index in [0.717, 1.165) is 37.9 Å². The van der Waals surface area contributed by atoms with E-state index in [0.29, 0.717) is 37.6 Å². The molecule has 34 heavy (non-hydrogen) atoms. The van der Waals surface area contributed by atoms with E-state index in [1.54, 1.807) is 17.3 Å². The lowest BCUT2D eigenvalue weighted by molar-refractivity contribution is -0.138. The molecule has 1 atom stereocenters. The number of hydrazone groups is 1. The predicted molar refractivity (Wildman–Crippen MR) is 129 cm³/mol. The Morgan fingerprint density at radius 1 is 1.00 bits per heavy atom. The summed E-state index contributed by atoms with van der Waals surface area (Å²) in [6, 6.07) is 11.9. The molecule has 1 unspecified atom stereocenters. The lowest BCUT2D eigenvalue weighted by Crippen LogP contribution is -2.43. The Morgan fingerprint density at radius 3 is 2.53 bits per heavy atom. The summed E-state index contributed by atoms with van der Waals surface area (Å²) < 4.78 is 0. The maximum Gasteiger partial charge on any atom is 0.270 e. The Bertz CT molecular complexity index is 1030. The molecule has 4 heterocycles. The van der Waals surface area contributed by atoms with Crippen molar-refractivity contribution in [3.8, 4) is 0 Å². The van der Waals surface area contributed by atoms with Crippen LogP contribution in [0.4, 0.5) is 5.95 Å². The van der Waals surface area contributed by atoms with Crippen molar-refractivity contribution >= 4 is 24.0 Å². The molecule has 2 fully saturated rings. The average Bonchev–Trinajstić information content (AvgIpc) is 3.40. The van der Waals surface area contributed by atoms with Gasteiger partial charge in [-0.25, -0.2) is 15.0 Å². The molecule has 2 saturated heterocycles. The molecule has 0 radical (unpaired) electrons. The van der Waals surface area contributed by atoms with E-state index >= 15 is 0 Å². The Kier molecular flexibility index (Phi) is 6.80. The number of carbonyl (C=O) groups excluding carboxylic acids is 2. The number of nitrogens with one attached hydrogen (secondary N) is 2. The number of piperidine rings is 2. The number of amides is 2. The zero-order chi connectivity index (χ0) is 23.3.